The standard InChI is InChI=1S/C28H33N5O3/c1-18-11-13-35-17-20-14-21(7-9-26(20)36-22-4-2-3-5-22)32-28-30-12-10-25(33-28)23-8-6-19(15-24(23)29)27(34)31-16-18/h6-10,12,14-15,18,22H,2-5,11,13,16-17,29H2,1H3,(H,31,34)(H,30,32,33)/t18-/m0/s1. The summed E-state index contributed by atoms with van der Waals surface area (Å²) in [5, 5.41) is 6.31. The van der Waals surface area contributed by atoms with Crippen LogP contribution < -0.4 is 21.1 Å². The molecule has 1 aliphatic carbocycles. The summed E-state index contributed by atoms with van der Waals surface area (Å²) in [6.45, 7) is 3.70. The molecule has 1 aromatic heterocycles. The number of anilines is 3. The van der Waals surface area contributed by atoms with Gasteiger partial charge in [-0.05, 0) is 80.5 Å². The van der Waals surface area contributed by atoms with Crippen molar-refractivity contribution in [3.63, 3.8) is 0 Å². The number of rotatable bonds is 2. The number of hydrogen-bond donors (Lipinski definition) is 3. The van der Waals surface area contributed by atoms with Crippen LogP contribution in [0.15, 0.2) is 48.7 Å². The number of ether oxygens (including phenoxy) is 2. The van der Waals surface area contributed by atoms with E-state index in [2.05, 4.69) is 27.5 Å². The van der Waals surface area contributed by atoms with Gasteiger partial charge >= 0.3 is 0 Å². The highest BCUT2D eigenvalue weighted by Crippen LogP contribution is 2.31. The summed E-state index contributed by atoms with van der Waals surface area (Å²) in [6.07, 6.45) is 7.39. The minimum absolute atomic E-state index is 0.145. The first-order valence-corrected chi connectivity index (χ1v) is 12.7. The van der Waals surface area contributed by atoms with Crippen molar-refractivity contribution in [3.05, 3.63) is 59.8 Å². The molecule has 3 aliphatic rings. The quantitative estimate of drug-likeness (QED) is 0.432. The zero-order chi connectivity index (χ0) is 24.9. The molecule has 6 rings (SSSR count). The van der Waals surface area contributed by atoms with Crippen molar-refractivity contribution in [3.8, 4) is 17.0 Å². The van der Waals surface area contributed by atoms with Gasteiger partial charge in [0.05, 0.1) is 18.4 Å². The SMILES string of the molecule is C[C@H]1CCOCc2cc(ccc2OC2CCCC2)Nc2nccc(n2)-c2ccc(cc2N)C(=O)NC1. The molecule has 1 saturated carbocycles. The van der Waals surface area contributed by atoms with Gasteiger partial charge in [-0.1, -0.05) is 6.92 Å². The molecule has 0 spiro atoms. The predicted octanol–water partition coefficient (Wildman–Crippen LogP) is 5.08. The maximum absolute atomic E-state index is 12.7. The Balaban J connectivity index is 1.46. The van der Waals surface area contributed by atoms with Gasteiger partial charge < -0.3 is 25.8 Å². The number of nitrogens with zero attached hydrogens (tertiary/aromatic N) is 2. The third-order valence-electron chi connectivity index (χ3n) is 6.78. The molecular formula is C28H33N5O3. The van der Waals surface area contributed by atoms with Crippen LogP contribution >= 0.6 is 0 Å². The Morgan fingerprint density at radius 2 is 1.94 bits per heavy atom. The molecule has 3 aromatic rings. The summed E-state index contributed by atoms with van der Waals surface area (Å²) in [4.78, 5) is 21.7. The van der Waals surface area contributed by atoms with E-state index < -0.39 is 0 Å². The molecule has 6 bridgehead atoms. The van der Waals surface area contributed by atoms with Crippen LogP contribution in [0.4, 0.5) is 17.3 Å². The molecule has 4 N–H and O–H groups in total. The Morgan fingerprint density at radius 1 is 1.08 bits per heavy atom. The van der Waals surface area contributed by atoms with E-state index in [0.717, 1.165) is 41.8 Å². The summed E-state index contributed by atoms with van der Waals surface area (Å²) >= 11 is 0. The Kier molecular flexibility index (Phi) is 7.32. The first-order valence-electron chi connectivity index (χ1n) is 12.7. The Labute approximate surface area is 211 Å². The second kappa shape index (κ2) is 11.0. The Morgan fingerprint density at radius 3 is 2.78 bits per heavy atom. The van der Waals surface area contributed by atoms with Gasteiger partial charge in [-0.25, -0.2) is 9.97 Å². The number of benzene rings is 2. The van der Waals surface area contributed by atoms with Crippen molar-refractivity contribution in [2.45, 2.75) is 51.7 Å². The fourth-order valence-electron chi connectivity index (χ4n) is 4.64. The molecule has 0 radical (unpaired) electrons. The molecule has 1 fully saturated rings. The molecule has 0 unspecified atom stereocenters. The van der Waals surface area contributed by atoms with Crippen LogP contribution in [0.3, 0.4) is 0 Å². The number of fused-ring (bicyclic) bond motifs is 9. The van der Waals surface area contributed by atoms with Crippen molar-refractivity contribution in [1.29, 1.82) is 0 Å². The van der Waals surface area contributed by atoms with Gasteiger partial charge in [0.15, 0.2) is 0 Å². The second-order valence-electron chi connectivity index (χ2n) is 9.70. The van der Waals surface area contributed by atoms with Crippen LogP contribution in [0.1, 0.15) is 54.9 Å². The lowest BCUT2D eigenvalue weighted by Gasteiger charge is -2.18. The molecule has 8 heteroatoms. The summed E-state index contributed by atoms with van der Waals surface area (Å²) in [7, 11) is 0. The lowest BCUT2D eigenvalue weighted by atomic mass is 10.0. The molecule has 36 heavy (non-hydrogen) atoms. The third kappa shape index (κ3) is 5.76. The first kappa shape index (κ1) is 24.1. The number of hydrogen-bond acceptors (Lipinski definition) is 7. The molecule has 2 aliphatic heterocycles. The maximum Gasteiger partial charge on any atom is 0.251 e. The van der Waals surface area contributed by atoms with Crippen molar-refractivity contribution >= 4 is 23.2 Å². The minimum Gasteiger partial charge on any atom is -0.490 e. The predicted molar refractivity (Wildman–Crippen MR) is 140 cm³/mol. The summed E-state index contributed by atoms with van der Waals surface area (Å²) < 4.78 is 12.4. The number of amides is 1. The van der Waals surface area contributed by atoms with E-state index in [1.807, 2.05) is 24.3 Å². The van der Waals surface area contributed by atoms with Gasteiger partial charge in [-0.2, -0.15) is 0 Å². The van der Waals surface area contributed by atoms with Gasteiger partial charge in [0.2, 0.25) is 5.95 Å². The van der Waals surface area contributed by atoms with Crippen LogP contribution in [-0.2, 0) is 11.3 Å². The lowest BCUT2D eigenvalue weighted by Crippen LogP contribution is -2.28. The normalized spacial score (nSPS) is 19.0. The fraction of sp³-hybridized carbons (Fsp3) is 0.393. The number of nitrogens with one attached hydrogen (secondary N) is 2. The molecule has 188 valence electrons. The van der Waals surface area contributed by atoms with Crippen LogP contribution in [0.2, 0.25) is 0 Å². The van der Waals surface area contributed by atoms with E-state index in [1.165, 1.54) is 12.8 Å². The number of nitrogen functional groups attached to an aromatic ring is 1. The van der Waals surface area contributed by atoms with Crippen molar-refractivity contribution < 1.29 is 14.3 Å². The number of nitrogens with two attached hydrogens (primary N) is 1. The smallest absolute Gasteiger partial charge is 0.251 e. The monoisotopic (exact) mass is 487 g/mol. The third-order valence-corrected chi connectivity index (χ3v) is 6.78. The minimum atomic E-state index is -0.145. The van der Waals surface area contributed by atoms with E-state index in [-0.39, 0.29) is 17.9 Å². The topological polar surface area (TPSA) is 111 Å². The second-order valence-corrected chi connectivity index (χ2v) is 9.70. The maximum atomic E-state index is 12.7. The zero-order valence-corrected chi connectivity index (χ0v) is 20.6. The van der Waals surface area contributed by atoms with Gasteiger partial charge in [0, 0.05) is 47.4 Å². The van der Waals surface area contributed by atoms with Crippen LogP contribution in [-0.4, -0.2) is 35.1 Å². The first-order chi connectivity index (χ1) is 17.5. The van der Waals surface area contributed by atoms with Crippen molar-refractivity contribution in [2.75, 3.05) is 24.2 Å². The van der Waals surface area contributed by atoms with Crippen LogP contribution in [0, 0.1) is 5.92 Å². The van der Waals surface area contributed by atoms with E-state index in [1.54, 1.807) is 24.4 Å². The zero-order valence-electron chi connectivity index (χ0n) is 20.6. The van der Waals surface area contributed by atoms with E-state index in [4.69, 9.17) is 15.2 Å². The average Bonchev–Trinajstić information content (AvgIpc) is 3.39. The van der Waals surface area contributed by atoms with Gasteiger partial charge in [-0.3, -0.25) is 4.79 Å². The van der Waals surface area contributed by atoms with Gasteiger partial charge in [-0.15, -0.1) is 0 Å². The lowest BCUT2D eigenvalue weighted by molar-refractivity contribution is 0.0921. The van der Waals surface area contributed by atoms with Crippen molar-refractivity contribution in [2.24, 2.45) is 5.92 Å². The van der Waals surface area contributed by atoms with Gasteiger partial charge in [0.1, 0.15) is 5.75 Å². The Hall–Kier alpha value is -3.65. The summed E-state index contributed by atoms with van der Waals surface area (Å²) in [6, 6.07) is 13.1. The molecular weight excluding hydrogens is 454 g/mol. The number of carbonyl (C=O) groups excluding carboxylic acids is 1. The molecule has 0 saturated heterocycles. The number of aromatic nitrogens is 2. The highest BCUT2D eigenvalue weighted by molar-refractivity contribution is 5.96. The van der Waals surface area contributed by atoms with E-state index in [9.17, 15) is 4.79 Å². The van der Waals surface area contributed by atoms with Gasteiger partial charge in [0.25, 0.3) is 5.91 Å². The van der Waals surface area contributed by atoms with Crippen molar-refractivity contribution in [1.82, 2.24) is 15.3 Å². The molecule has 1 amide bonds. The molecule has 2 aromatic carbocycles. The van der Waals surface area contributed by atoms with E-state index in [0.29, 0.717) is 42.7 Å². The number of carbonyl (C=O) groups is 1. The molecule has 1 atom stereocenters. The highest BCUT2D eigenvalue weighted by atomic mass is 16.5. The summed E-state index contributed by atoms with van der Waals surface area (Å²) in [5.41, 5.74) is 10.6. The highest BCUT2D eigenvalue weighted by Gasteiger charge is 2.19. The van der Waals surface area contributed by atoms with Crippen LogP contribution in [0.5, 0.6) is 5.75 Å². The Bertz CT molecular complexity index is 1230. The van der Waals surface area contributed by atoms with E-state index >= 15 is 0 Å². The summed E-state index contributed by atoms with van der Waals surface area (Å²) in [5.74, 6) is 1.44. The average molecular weight is 488 g/mol. The molecule has 8 nitrogen and oxygen atoms in total. The molecule has 3 heterocycles. The van der Waals surface area contributed by atoms with Crippen LogP contribution in [0.25, 0.3) is 11.3 Å². The fourth-order valence-corrected chi connectivity index (χ4v) is 4.64. The largest absolute Gasteiger partial charge is 0.490 e.